The number of alkyl halides is 3. The van der Waals surface area contributed by atoms with E-state index in [0.29, 0.717) is 5.57 Å². The van der Waals surface area contributed by atoms with Crippen LogP contribution in [0.15, 0.2) is 23.8 Å². The Bertz CT molecular complexity index is 1400. The van der Waals surface area contributed by atoms with E-state index in [4.69, 9.17) is 37.8 Å². The number of aliphatic carboxylic acids is 1. The number of fused-ring (bicyclic) bond motifs is 4. The fourth-order valence-electron chi connectivity index (χ4n) is 6.91. The Labute approximate surface area is 253 Å². The molecule has 2 aliphatic carbocycles. The number of carboxylic acids is 1. The van der Waals surface area contributed by atoms with Crippen LogP contribution in [-0.4, -0.2) is 85.6 Å². The van der Waals surface area contributed by atoms with E-state index in [1.54, 1.807) is 6.08 Å². The van der Waals surface area contributed by atoms with Gasteiger partial charge in [0.05, 0.1) is 31.5 Å². The number of nitrogens with zero attached hydrogens (tertiary/aromatic N) is 2. The molecule has 0 radical (unpaired) electrons. The zero-order chi connectivity index (χ0) is 30.0. The van der Waals surface area contributed by atoms with Crippen molar-refractivity contribution in [1.29, 1.82) is 0 Å². The number of amides is 4. The first-order chi connectivity index (χ1) is 19.4. The Kier molecular flexibility index (Phi) is 7.57. The normalized spacial score (nSPS) is 32.5. The number of phenols is 1. The molecule has 4 aliphatic rings. The first kappa shape index (κ1) is 29.7. The molecule has 1 aromatic rings. The predicted octanol–water partition coefficient (Wildman–Crippen LogP) is 2.99. The van der Waals surface area contributed by atoms with Crippen LogP contribution in [-0.2, 0) is 24.0 Å². The van der Waals surface area contributed by atoms with E-state index in [1.807, 2.05) is 0 Å². The van der Waals surface area contributed by atoms with Gasteiger partial charge in [-0.3, -0.25) is 33.8 Å². The van der Waals surface area contributed by atoms with Crippen LogP contribution in [0.5, 0.6) is 17.2 Å². The van der Waals surface area contributed by atoms with Gasteiger partial charge < -0.3 is 19.7 Å². The van der Waals surface area contributed by atoms with Gasteiger partial charge >= 0.3 is 5.97 Å². The van der Waals surface area contributed by atoms with Gasteiger partial charge in [0, 0.05) is 36.6 Å². The topological polar surface area (TPSA) is 151 Å². The van der Waals surface area contributed by atoms with Gasteiger partial charge in [0.1, 0.15) is 17.2 Å². The molecule has 4 amide bonds. The van der Waals surface area contributed by atoms with Crippen molar-refractivity contribution < 1.29 is 43.7 Å². The molecular formula is C27H27BrCl2N2O9. The summed E-state index contributed by atoms with van der Waals surface area (Å²) >= 11 is 17.5. The molecular weight excluding hydrogens is 647 g/mol. The second-order valence-corrected chi connectivity index (χ2v) is 12.3. The van der Waals surface area contributed by atoms with E-state index in [-0.39, 0.29) is 60.5 Å². The summed E-state index contributed by atoms with van der Waals surface area (Å²) < 4.78 is 10.8. The summed E-state index contributed by atoms with van der Waals surface area (Å²) in [6, 6.07) is 2.82. The molecule has 2 heterocycles. The van der Waals surface area contributed by atoms with Crippen molar-refractivity contribution >= 4 is 68.7 Å². The van der Waals surface area contributed by atoms with Crippen molar-refractivity contribution in [2.75, 3.05) is 26.2 Å². The molecule has 1 aromatic carbocycles. The number of aromatic hydroxyl groups is 1. The van der Waals surface area contributed by atoms with Crippen LogP contribution in [0.2, 0.25) is 0 Å². The largest absolute Gasteiger partial charge is 0.507 e. The minimum absolute atomic E-state index is 0.0597. The molecule has 0 unspecified atom stereocenters. The fraction of sp³-hybridized carbons (Fsp3) is 0.519. The highest BCUT2D eigenvalue weighted by Crippen LogP contribution is 2.67. The molecule has 6 atom stereocenters. The molecule has 2 N–H and O–H groups in total. The molecule has 0 spiro atoms. The number of carbonyl (C=O) groups is 5. The average Bonchev–Trinajstić information content (AvgIpc) is 3.26. The third kappa shape index (κ3) is 4.08. The van der Waals surface area contributed by atoms with Crippen LogP contribution < -0.4 is 9.47 Å². The summed E-state index contributed by atoms with van der Waals surface area (Å²) in [7, 11) is 2.76. The number of phenolic OH excluding ortho intramolecular Hbond substituents is 1. The third-order valence-electron chi connectivity index (χ3n) is 8.72. The first-order valence-electron chi connectivity index (χ1n) is 12.9. The van der Waals surface area contributed by atoms with Gasteiger partial charge in [-0.2, -0.15) is 0 Å². The summed E-state index contributed by atoms with van der Waals surface area (Å²) in [6.07, 6.45) is 1.54. The Hall–Kier alpha value is -2.83. The molecule has 3 fully saturated rings. The van der Waals surface area contributed by atoms with Gasteiger partial charge in [-0.15, -0.1) is 23.2 Å². The van der Waals surface area contributed by atoms with E-state index >= 15 is 0 Å². The number of likely N-dealkylation sites (tertiary alicyclic amines) is 2. The maximum Gasteiger partial charge on any atom is 0.303 e. The average molecular weight is 674 g/mol. The zero-order valence-corrected chi connectivity index (χ0v) is 25.2. The minimum atomic E-state index is -2.11. The van der Waals surface area contributed by atoms with Crippen LogP contribution in [0.1, 0.15) is 37.2 Å². The van der Waals surface area contributed by atoms with Crippen molar-refractivity contribution in [2.24, 2.45) is 17.8 Å². The zero-order valence-electron chi connectivity index (χ0n) is 22.1. The van der Waals surface area contributed by atoms with Gasteiger partial charge in [-0.05, 0) is 25.2 Å². The summed E-state index contributed by atoms with van der Waals surface area (Å²) in [6.45, 7) is -0.0597. The minimum Gasteiger partial charge on any atom is -0.507 e. The highest BCUT2D eigenvalue weighted by Gasteiger charge is 2.76. The molecule has 0 bridgehead atoms. The number of benzene rings is 1. The van der Waals surface area contributed by atoms with E-state index in [1.165, 1.54) is 26.4 Å². The smallest absolute Gasteiger partial charge is 0.303 e. The first-order valence-corrected chi connectivity index (χ1v) is 14.8. The number of imide groups is 2. The van der Waals surface area contributed by atoms with Gasteiger partial charge in [0.2, 0.25) is 11.8 Å². The molecule has 1 saturated carbocycles. The van der Waals surface area contributed by atoms with Crippen molar-refractivity contribution in [2.45, 2.75) is 41.3 Å². The van der Waals surface area contributed by atoms with Crippen LogP contribution in [0.3, 0.4) is 0 Å². The van der Waals surface area contributed by atoms with E-state index in [0.717, 1.165) is 9.80 Å². The Balaban J connectivity index is 1.68. The van der Waals surface area contributed by atoms with Crippen molar-refractivity contribution in [3.8, 4) is 17.2 Å². The summed E-state index contributed by atoms with van der Waals surface area (Å²) in [5, 5.41) is 20.3. The van der Waals surface area contributed by atoms with Gasteiger partial charge in [-0.25, -0.2) is 0 Å². The highest BCUT2D eigenvalue weighted by atomic mass is 79.9. The molecule has 14 heteroatoms. The lowest BCUT2D eigenvalue weighted by Crippen LogP contribution is -2.60. The number of ether oxygens (including phenoxy) is 2. The van der Waals surface area contributed by atoms with E-state index in [9.17, 15) is 29.1 Å². The third-order valence-corrected chi connectivity index (χ3v) is 10.6. The SMILES string of the molecule is COc1cc(O)c([C@H]2C3=CC[C@@H]4C(=O)N(CCCC(=O)O)C(=O)[C@@H]4[C@@H]3C[C@@]3(Cl)C(=O)N(CBr)C(=O)[C@@]23Cl)c(OC)c1. The highest BCUT2D eigenvalue weighted by molar-refractivity contribution is 9.09. The molecule has 2 saturated heterocycles. The number of halogens is 3. The number of hydrogen-bond acceptors (Lipinski definition) is 8. The number of carboxylic acid groups (broad SMARTS) is 1. The summed E-state index contributed by atoms with van der Waals surface area (Å²) in [5.41, 5.74) is 0.397. The molecule has 220 valence electrons. The van der Waals surface area contributed by atoms with Crippen LogP contribution in [0.25, 0.3) is 0 Å². The molecule has 11 nitrogen and oxygen atoms in total. The molecule has 5 rings (SSSR count). The Morgan fingerprint density at radius 2 is 1.78 bits per heavy atom. The van der Waals surface area contributed by atoms with E-state index < -0.39 is 63.0 Å². The quantitative estimate of drug-likeness (QED) is 0.184. The number of carbonyl (C=O) groups excluding carboxylic acids is 4. The maximum atomic E-state index is 13.9. The maximum absolute atomic E-state index is 13.9. The van der Waals surface area contributed by atoms with Crippen LogP contribution in [0.4, 0.5) is 0 Å². The van der Waals surface area contributed by atoms with Gasteiger partial charge in [-0.1, -0.05) is 27.6 Å². The van der Waals surface area contributed by atoms with Crippen molar-refractivity contribution in [3.63, 3.8) is 0 Å². The van der Waals surface area contributed by atoms with Crippen molar-refractivity contribution in [1.82, 2.24) is 9.80 Å². The lowest BCUT2D eigenvalue weighted by molar-refractivity contribution is -0.142. The van der Waals surface area contributed by atoms with Crippen molar-refractivity contribution in [3.05, 3.63) is 29.3 Å². The number of methoxy groups -OCH3 is 2. The summed E-state index contributed by atoms with van der Waals surface area (Å²) in [5.74, 6) is -7.12. The lowest BCUT2D eigenvalue weighted by atomic mass is 9.56. The monoisotopic (exact) mass is 672 g/mol. The standard InChI is InChI=1S/C27H27BrCl2N2O9/c1-40-12-8-16(33)20(17(9-12)41-2)21-13-5-6-14-19(23(37)31(22(14)36)7-3-4-18(34)35)15(13)10-26(29)24(38)32(11-28)25(39)27(21,26)30/h5,8-9,14-15,19,21,33H,3-4,6-7,10-11H2,1-2H3,(H,34,35)/t14-,15+,19-,21+,26+,27-/m0/s1. The number of hydrogen-bond donors (Lipinski definition) is 2. The van der Waals surface area contributed by atoms with E-state index in [2.05, 4.69) is 15.9 Å². The molecule has 0 aromatic heterocycles. The molecule has 2 aliphatic heterocycles. The van der Waals surface area contributed by atoms with Gasteiger partial charge in [0.25, 0.3) is 11.8 Å². The number of rotatable bonds is 8. The Morgan fingerprint density at radius 3 is 2.39 bits per heavy atom. The number of allylic oxidation sites excluding steroid dienone is 2. The summed E-state index contributed by atoms with van der Waals surface area (Å²) in [4.78, 5) is 63.5. The lowest BCUT2D eigenvalue weighted by Gasteiger charge is -2.51. The fourth-order valence-corrected chi connectivity index (χ4v) is 8.32. The second-order valence-electron chi connectivity index (χ2n) is 10.6. The molecule has 41 heavy (non-hydrogen) atoms. The van der Waals surface area contributed by atoms with Crippen LogP contribution in [0, 0.1) is 17.8 Å². The van der Waals surface area contributed by atoms with Gasteiger partial charge in [0.15, 0.2) is 9.75 Å². The predicted molar refractivity (Wildman–Crippen MR) is 148 cm³/mol. The Morgan fingerprint density at radius 1 is 1.07 bits per heavy atom. The second kappa shape index (κ2) is 10.5. The van der Waals surface area contributed by atoms with Crippen LogP contribution >= 0.6 is 39.1 Å².